The molecule has 0 aliphatic carbocycles. The molecule has 132 valence electrons. The zero-order chi connectivity index (χ0) is 18.6. The van der Waals surface area contributed by atoms with Gasteiger partial charge in [-0.15, -0.1) is 0 Å². The van der Waals surface area contributed by atoms with Crippen LogP contribution in [0, 0.1) is 20.8 Å². The number of aryl methyl sites for hydroxylation is 3. The molecule has 0 atom stereocenters. The average Bonchev–Trinajstić information content (AvgIpc) is 2.57. The Balaban J connectivity index is 2.24. The van der Waals surface area contributed by atoms with E-state index in [0.29, 0.717) is 17.1 Å². The number of ether oxygens (including phenoxy) is 2. The number of anilines is 1. The Morgan fingerprint density at radius 3 is 2.12 bits per heavy atom. The van der Waals surface area contributed by atoms with Crippen molar-refractivity contribution in [1.29, 1.82) is 0 Å². The maximum atomic E-state index is 12.5. The number of rotatable bonds is 5. The van der Waals surface area contributed by atoms with Gasteiger partial charge in [0, 0.05) is 11.3 Å². The Kier molecular flexibility index (Phi) is 5.86. The van der Waals surface area contributed by atoms with Crippen LogP contribution in [0.4, 0.5) is 5.69 Å². The average molecular weight is 339 g/mol. The lowest BCUT2D eigenvalue weighted by molar-refractivity contribution is -0.112. The van der Waals surface area contributed by atoms with Crippen LogP contribution in [0.2, 0.25) is 0 Å². The Morgan fingerprint density at radius 2 is 1.56 bits per heavy atom. The number of nitrogens with one attached hydrogen (secondary N) is 1. The van der Waals surface area contributed by atoms with E-state index >= 15 is 0 Å². The van der Waals surface area contributed by atoms with Gasteiger partial charge in [0.1, 0.15) is 0 Å². The van der Waals surface area contributed by atoms with E-state index in [9.17, 15) is 4.79 Å². The van der Waals surface area contributed by atoms with Gasteiger partial charge in [-0.25, -0.2) is 0 Å². The van der Waals surface area contributed by atoms with Crippen LogP contribution in [0.5, 0.6) is 11.5 Å². The number of amides is 1. The van der Waals surface area contributed by atoms with Gasteiger partial charge in [-0.05, 0) is 62.6 Å². The number of methoxy groups -OCH3 is 2. The van der Waals surface area contributed by atoms with Crippen LogP contribution in [0.25, 0.3) is 6.08 Å². The molecule has 0 radical (unpaired) electrons. The van der Waals surface area contributed by atoms with Gasteiger partial charge in [-0.2, -0.15) is 0 Å². The topological polar surface area (TPSA) is 47.6 Å². The van der Waals surface area contributed by atoms with Crippen molar-refractivity contribution in [3.05, 3.63) is 58.2 Å². The molecular formula is C21H25NO3. The molecule has 0 heterocycles. The van der Waals surface area contributed by atoms with Crippen molar-refractivity contribution in [3.8, 4) is 11.5 Å². The molecule has 25 heavy (non-hydrogen) atoms. The molecule has 0 aliphatic heterocycles. The van der Waals surface area contributed by atoms with Crippen molar-refractivity contribution in [1.82, 2.24) is 0 Å². The highest BCUT2D eigenvalue weighted by Crippen LogP contribution is 2.28. The lowest BCUT2D eigenvalue weighted by Crippen LogP contribution is -2.14. The van der Waals surface area contributed by atoms with Gasteiger partial charge >= 0.3 is 0 Å². The molecule has 0 unspecified atom stereocenters. The normalized spacial score (nSPS) is 11.2. The summed E-state index contributed by atoms with van der Waals surface area (Å²) in [4.78, 5) is 12.5. The second kappa shape index (κ2) is 7.88. The summed E-state index contributed by atoms with van der Waals surface area (Å²) in [6.45, 7) is 7.85. The highest BCUT2D eigenvalue weighted by atomic mass is 16.5. The number of benzene rings is 2. The van der Waals surface area contributed by atoms with Crippen LogP contribution in [0.15, 0.2) is 35.9 Å². The van der Waals surface area contributed by atoms with Gasteiger partial charge in [0.2, 0.25) is 0 Å². The molecule has 2 aromatic rings. The fourth-order valence-corrected chi connectivity index (χ4v) is 2.85. The van der Waals surface area contributed by atoms with Crippen LogP contribution in [-0.2, 0) is 4.79 Å². The molecule has 0 spiro atoms. The first-order valence-corrected chi connectivity index (χ1v) is 8.15. The van der Waals surface area contributed by atoms with Gasteiger partial charge in [0.05, 0.1) is 14.2 Å². The quantitative estimate of drug-likeness (QED) is 0.805. The van der Waals surface area contributed by atoms with E-state index < -0.39 is 0 Å². The molecule has 2 rings (SSSR count). The van der Waals surface area contributed by atoms with Gasteiger partial charge < -0.3 is 14.8 Å². The first-order chi connectivity index (χ1) is 11.8. The van der Waals surface area contributed by atoms with E-state index in [1.165, 1.54) is 5.56 Å². The highest BCUT2D eigenvalue weighted by molar-refractivity contribution is 6.07. The summed E-state index contributed by atoms with van der Waals surface area (Å²) >= 11 is 0. The minimum atomic E-state index is -0.121. The lowest BCUT2D eigenvalue weighted by Gasteiger charge is -2.13. The van der Waals surface area contributed by atoms with Gasteiger partial charge in [-0.1, -0.05) is 23.8 Å². The molecule has 0 fully saturated rings. The monoisotopic (exact) mass is 339 g/mol. The van der Waals surface area contributed by atoms with Crippen LogP contribution >= 0.6 is 0 Å². The van der Waals surface area contributed by atoms with Crippen LogP contribution in [-0.4, -0.2) is 20.1 Å². The molecule has 2 aromatic carbocycles. The van der Waals surface area contributed by atoms with Crippen molar-refractivity contribution >= 4 is 17.7 Å². The SMILES string of the molecule is COc1ccc(/C=C(\C)C(=O)Nc2c(C)cc(C)cc2C)cc1OC. The Morgan fingerprint density at radius 1 is 0.960 bits per heavy atom. The van der Waals surface area contributed by atoms with E-state index in [2.05, 4.69) is 17.4 Å². The van der Waals surface area contributed by atoms with Crippen molar-refractivity contribution in [3.63, 3.8) is 0 Å². The van der Waals surface area contributed by atoms with Crippen LogP contribution in [0.1, 0.15) is 29.2 Å². The number of hydrogen-bond acceptors (Lipinski definition) is 3. The Bertz CT molecular complexity index is 799. The van der Waals surface area contributed by atoms with Gasteiger partial charge in [0.15, 0.2) is 11.5 Å². The van der Waals surface area contributed by atoms with Crippen LogP contribution in [0.3, 0.4) is 0 Å². The standard InChI is InChI=1S/C21H25NO3/c1-13-9-14(2)20(15(3)10-13)22-21(23)16(4)11-17-7-8-18(24-5)19(12-17)25-6/h7-12H,1-6H3,(H,22,23)/b16-11+. The maximum absolute atomic E-state index is 12.5. The molecule has 0 saturated heterocycles. The van der Waals surface area contributed by atoms with E-state index in [-0.39, 0.29) is 5.91 Å². The Hall–Kier alpha value is -2.75. The summed E-state index contributed by atoms with van der Waals surface area (Å²) in [6, 6.07) is 9.69. The largest absolute Gasteiger partial charge is 0.493 e. The first kappa shape index (κ1) is 18.6. The predicted octanol–water partition coefficient (Wildman–Crippen LogP) is 4.67. The molecule has 1 N–H and O–H groups in total. The molecular weight excluding hydrogens is 314 g/mol. The van der Waals surface area contributed by atoms with Gasteiger partial charge in [0.25, 0.3) is 5.91 Å². The van der Waals surface area contributed by atoms with E-state index in [1.807, 2.05) is 45.0 Å². The van der Waals surface area contributed by atoms with E-state index in [4.69, 9.17) is 9.47 Å². The number of carbonyl (C=O) groups is 1. The first-order valence-electron chi connectivity index (χ1n) is 8.15. The molecule has 1 amide bonds. The van der Waals surface area contributed by atoms with E-state index in [1.54, 1.807) is 21.1 Å². The second-order valence-electron chi connectivity index (χ2n) is 6.17. The van der Waals surface area contributed by atoms with Crippen LogP contribution < -0.4 is 14.8 Å². The third-order valence-corrected chi connectivity index (χ3v) is 4.06. The Labute approximate surface area is 149 Å². The minimum absolute atomic E-state index is 0.121. The second-order valence-corrected chi connectivity index (χ2v) is 6.17. The lowest BCUT2D eigenvalue weighted by atomic mass is 10.0. The molecule has 0 bridgehead atoms. The van der Waals surface area contributed by atoms with E-state index in [0.717, 1.165) is 22.4 Å². The van der Waals surface area contributed by atoms with Crippen molar-refractivity contribution in [2.24, 2.45) is 0 Å². The summed E-state index contributed by atoms with van der Waals surface area (Å²) < 4.78 is 10.5. The minimum Gasteiger partial charge on any atom is -0.493 e. The fraction of sp³-hybridized carbons (Fsp3) is 0.286. The molecule has 0 aromatic heterocycles. The third-order valence-electron chi connectivity index (χ3n) is 4.06. The maximum Gasteiger partial charge on any atom is 0.251 e. The predicted molar refractivity (Wildman–Crippen MR) is 102 cm³/mol. The number of hydrogen-bond donors (Lipinski definition) is 1. The van der Waals surface area contributed by atoms with Crippen molar-refractivity contribution in [2.75, 3.05) is 19.5 Å². The zero-order valence-corrected chi connectivity index (χ0v) is 15.7. The summed E-state index contributed by atoms with van der Waals surface area (Å²) in [5, 5.41) is 3.01. The summed E-state index contributed by atoms with van der Waals surface area (Å²) in [5.74, 6) is 1.17. The summed E-state index contributed by atoms with van der Waals surface area (Å²) in [5.41, 5.74) is 5.67. The smallest absolute Gasteiger partial charge is 0.251 e. The highest BCUT2D eigenvalue weighted by Gasteiger charge is 2.11. The molecule has 0 aliphatic rings. The summed E-state index contributed by atoms with van der Waals surface area (Å²) in [6.07, 6.45) is 1.83. The zero-order valence-electron chi connectivity index (χ0n) is 15.7. The summed E-state index contributed by atoms with van der Waals surface area (Å²) in [7, 11) is 3.19. The van der Waals surface area contributed by atoms with Crippen molar-refractivity contribution < 1.29 is 14.3 Å². The molecule has 0 saturated carbocycles. The molecule has 4 nitrogen and oxygen atoms in total. The number of carbonyl (C=O) groups excluding carboxylic acids is 1. The molecule has 4 heteroatoms. The fourth-order valence-electron chi connectivity index (χ4n) is 2.85. The van der Waals surface area contributed by atoms with Crippen molar-refractivity contribution in [2.45, 2.75) is 27.7 Å². The van der Waals surface area contributed by atoms with Gasteiger partial charge in [-0.3, -0.25) is 4.79 Å². The third kappa shape index (κ3) is 4.41.